The van der Waals surface area contributed by atoms with Gasteiger partial charge in [0.15, 0.2) is 5.69 Å². The Morgan fingerprint density at radius 2 is 1.96 bits per heavy atom. The van der Waals surface area contributed by atoms with Crippen LogP contribution in [0, 0.1) is 6.92 Å². The quantitative estimate of drug-likeness (QED) is 0.697. The number of nitrogens with zero attached hydrogens (tertiary/aromatic N) is 3. The third-order valence-corrected chi connectivity index (χ3v) is 4.92. The van der Waals surface area contributed by atoms with Gasteiger partial charge in [0.05, 0.1) is 10.2 Å². The summed E-state index contributed by atoms with van der Waals surface area (Å²) in [4.78, 5) is 16.9. The Balaban J connectivity index is 1.94. The maximum absolute atomic E-state index is 12.6. The van der Waals surface area contributed by atoms with E-state index in [-0.39, 0.29) is 11.8 Å². The van der Waals surface area contributed by atoms with E-state index in [0.29, 0.717) is 22.2 Å². The van der Waals surface area contributed by atoms with Crippen LogP contribution in [0.4, 0.5) is 0 Å². The molecule has 0 atom stereocenters. The highest BCUT2D eigenvalue weighted by Crippen LogP contribution is 2.25. The van der Waals surface area contributed by atoms with Gasteiger partial charge in [0.1, 0.15) is 5.49 Å². The number of aromatic amines is 1. The van der Waals surface area contributed by atoms with Gasteiger partial charge in [-0.25, -0.2) is 0 Å². The maximum atomic E-state index is 12.6. The topological polar surface area (TPSA) is 63.0 Å². The second-order valence-electron chi connectivity index (χ2n) is 6.54. The van der Waals surface area contributed by atoms with Gasteiger partial charge in [0.25, 0.3) is 0 Å². The number of nitrogens with one attached hydrogen (secondary N) is 1. The summed E-state index contributed by atoms with van der Waals surface area (Å²) in [7, 11) is 0. The van der Waals surface area contributed by atoms with Crippen molar-refractivity contribution >= 4 is 21.8 Å². The molecule has 2 aromatic heterocycles. The molecule has 3 rings (SSSR count). The lowest BCUT2D eigenvalue weighted by molar-refractivity contribution is 0.0991. The van der Waals surface area contributed by atoms with E-state index in [1.807, 2.05) is 42.8 Å². The van der Waals surface area contributed by atoms with Crippen LogP contribution in [0.1, 0.15) is 47.1 Å². The van der Waals surface area contributed by atoms with Crippen LogP contribution < -0.4 is 5.49 Å². The van der Waals surface area contributed by atoms with Crippen LogP contribution in [-0.2, 0) is 6.54 Å². The van der Waals surface area contributed by atoms with Crippen molar-refractivity contribution in [2.45, 2.75) is 33.2 Å². The van der Waals surface area contributed by atoms with Gasteiger partial charge in [-0.05, 0) is 46.5 Å². The summed E-state index contributed by atoms with van der Waals surface area (Å²) >= 11 is 3.46. The number of aromatic nitrogens is 3. The summed E-state index contributed by atoms with van der Waals surface area (Å²) in [6.07, 6.45) is 1.92. The fourth-order valence-electron chi connectivity index (χ4n) is 2.62. The van der Waals surface area contributed by atoms with Crippen LogP contribution in [0.3, 0.4) is 0 Å². The smallest absolute Gasteiger partial charge is 0.300 e. The summed E-state index contributed by atoms with van der Waals surface area (Å²) in [6.45, 7) is 6.78. The highest BCUT2D eigenvalue weighted by molar-refractivity contribution is 9.10. The Hall–Kier alpha value is -2.47. The molecule has 6 heteroatoms. The summed E-state index contributed by atoms with van der Waals surface area (Å²) in [5, 5.41) is 7.05. The summed E-state index contributed by atoms with van der Waals surface area (Å²) in [5.74, 6) is -0.134. The Morgan fingerprint density at radius 3 is 2.62 bits per heavy atom. The molecule has 3 aromatic rings. The fourth-order valence-corrected chi connectivity index (χ4v) is 3.42. The molecule has 2 heterocycles. The molecule has 0 aliphatic heterocycles. The fraction of sp³-hybridized carbons (Fsp3) is 0.250. The van der Waals surface area contributed by atoms with Crippen molar-refractivity contribution in [3.8, 4) is 0 Å². The van der Waals surface area contributed by atoms with Gasteiger partial charge in [-0.2, -0.15) is 10.1 Å². The van der Waals surface area contributed by atoms with Crippen LogP contribution >= 0.6 is 15.9 Å². The van der Waals surface area contributed by atoms with Gasteiger partial charge in [-0.3, -0.25) is 9.89 Å². The third kappa shape index (κ3) is 4.02. The number of hydrogen-bond acceptors (Lipinski definition) is 2. The van der Waals surface area contributed by atoms with Gasteiger partial charge < -0.3 is 4.57 Å². The number of carbonyl (C=O) groups excluding carboxylic acids is 1. The highest BCUT2D eigenvalue weighted by Gasteiger charge is 2.18. The molecule has 0 unspecified atom stereocenters. The number of halogens is 1. The van der Waals surface area contributed by atoms with Crippen molar-refractivity contribution in [2.24, 2.45) is 4.99 Å². The number of carbonyl (C=O) groups is 1. The van der Waals surface area contributed by atoms with Crippen molar-refractivity contribution in [1.29, 1.82) is 0 Å². The molecule has 0 spiro atoms. The number of aryl methyl sites for hydroxylation is 1. The van der Waals surface area contributed by atoms with Crippen LogP contribution in [-0.4, -0.2) is 20.7 Å². The number of rotatable bonds is 4. The van der Waals surface area contributed by atoms with E-state index in [1.54, 1.807) is 0 Å². The Labute approximate surface area is 160 Å². The second kappa shape index (κ2) is 7.83. The van der Waals surface area contributed by atoms with Crippen LogP contribution in [0.15, 0.2) is 58.1 Å². The predicted octanol–water partition coefficient (Wildman–Crippen LogP) is 4.19. The zero-order valence-corrected chi connectivity index (χ0v) is 16.6. The molecule has 0 aliphatic carbocycles. The molecular weight excluding hydrogens is 392 g/mol. The van der Waals surface area contributed by atoms with Crippen LogP contribution in [0.5, 0.6) is 0 Å². The number of hydrogen-bond donors (Lipinski definition) is 1. The van der Waals surface area contributed by atoms with E-state index in [0.717, 1.165) is 11.3 Å². The largest absolute Gasteiger partial charge is 0.328 e. The van der Waals surface area contributed by atoms with Gasteiger partial charge in [-0.15, -0.1) is 0 Å². The highest BCUT2D eigenvalue weighted by atomic mass is 79.9. The molecule has 0 saturated carbocycles. The van der Waals surface area contributed by atoms with E-state index < -0.39 is 0 Å². The maximum Gasteiger partial charge on any atom is 0.300 e. The first kappa shape index (κ1) is 18.3. The van der Waals surface area contributed by atoms with Crippen molar-refractivity contribution < 1.29 is 4.79 Å². The minimum atomic E-state index is -0.371. The van der Waals surface area contributed by atoms with E-state index in [1.165, 1.54) is 5.56 Å². The number of benzene rings is 1. The molecule has 0 radical (unpaired) electrons. The molecule has 5 nitrogen and oxygen atoms in total. The minimum absolute atomic E-state index is 0.238. The van der Waals surface area contributed by atoms with E-state index in [9.17, 15) is 4.79 Å². The van der Waals surface area contributed by atoms with Crippen LogP contribution in [0.25, 0.3) is 0 Å². The monoisotopic (exact) mass is 412 g/mol. The molecule has 1 amide bonds. The molecule has 0 bridgehead atoms. The number of amides is 1. The van der Waals surface area contributed by atoms with Gasteiger partial charge in [0.2, 0.25) is 0 Å². The number of pyridine rings is 1. The third-order valence-electron chi connectivity index (χ3n) is 4.12. The van der Waals surface area contributed by atoms with E-state index >= 15 is 0 Å². The Morgan fingerprint density at radius 1 is 1.23 bits per heavy atom. The Kier molecular flexibility index (Phi) is 5.52. The number of H-pyrrole nitrogens is 1. The normalized spacial score (nSPS) is 12.0. The summed E-state index contributed by atoms with van der Waals surface area (Å²) < 4.78 is 2.63. The zero-order valence-electron chi connectivity index (χ0n) is 15.0. The SMILES string of the molecule is Cc1ccc(Cn2ccccc2=NC(=O)c2n[nH]c(C(C)C)c2Br)cc1. The van der Waals surface area contributed by atoms with Gasteiger partial charge in [0, 0.05) is 12.7 Å². The van der Waals surface area contributed by atoms with Crippen molar-refractivity contribution in [2.75, 3.05) is 0 Å². The average molecular weight is 413 g/mol. The first-order chi connectivity index (χ1) is 12.5. The first-order valence-electron chi connectivity index (χ1n) is 8.49. The molecular formula is C20H21BrN4O. The molecule has 0 fully saturated rings. The summed E-state index contributed by atoms with van der Waals surface area (Å²) in [6, 6.07) is 14.0. The lowest BCUT2D eigenvalue weighted by Gasteiger charge is -2.07. The molecule has 0 aliphatic rings. The molecule has 1 N–H and O–H groups in total. The van der Waals surface area contributed by atoms with E-state index in [4.69, 9.17) is 0 Å². The second-order valence-corrected chi connectivity index (χ2v) is 7.34. The van der Waals surface area contributed by atoms with Crippen molar-refractivity contribution in [3.05, 3.63) is 81.1 Å². The van der Waals surface area contributed by atoms with Crippen molar-refractivity contribution in [3.63, 3.8) is 0 Å². The van der Waals surface area contributed by atoms with Gasteiger partial charge in [-0.1, -0.05) is 49.7 Å². The molecule has 1 aromatic carbocycles. The lowest BCUT2D eigenvalue weighted by Crippen LogP contribution is -2.22. The summed E-state index contributed by atoms with van der Waals surface area (Å²) in [5.41, 5.74) is 4.16. The predicted molar refractivity (Wildman–Crippen MR) is 105 cm³/mol. The molecule has 0 saturated heterocycles. The zero-order chi connectivity index (χ0) is 18.7. The first-order valence-corrected chi connectivity index (χ1v) is 9.29. The molecule has 26 heavy (non-hydrogen) atoms. The van der Waals surface area contributed by atoms with Crippen molar-refractivity contribution in [1.82, 2.24) is 14.8 Å². The standard InChI is InChI=1S/C20H21BrN4O/c1-13(2)18-17(21)19(24-23-18)20(26)22-16-6-4-5-11-25(16)12-15-9-7-14(3)8-10-15/h4-11,13H,12H2,1-3H3,(H,23,24). The van der Waals surface area contributed by atoms with Gasteiger partial charge >= 0.3 is 5.91 Å². The lowest BCUT2D eigenvalue weighted by atomic mass is 10.1. The van der Waals surface area contributed by atoms with E-state index in [2.05, 4.69) is 62.3 Å². The minimum Gasteiger partial charge on any atom is -0.328 e. The molecule has 134 valence electrons. The van der Waals surface area contributed by atoms with Crippen LogP contribution in [0.2, 0.25) is 0 Å². The Bertz CT molecular complexity index is 984. The average Bonchev–Trinajstić information content (AvgIpc) is 3.00.